The van der Waals surface area contributed by atoms with Gasteiger partial charge in [-0.1, -0.05) is 73.5 Å². The lowest BCUT2D eigenvalue weighted by Crippen LogP contribution is -2.43. The summed E-state index contributed by atoms with van der Waals surface area (Å²) in [6.07, 6.45) is 4.11. The van der Waals surface area contributed by atoms with Crippen molar-refractivity contribution in [2.75, 3.05) is 25.6 Å². The number of hydrogen-bond donors (Lipinski definition) is 2. The molecule has 0 saturated heterocycles. The number of carbonyl (C=O) groups excluding carboxylic acids is 3. The van der Waals surface area contributed by atoms with Crippen LogP contribution >= 0.6 is 0 Å². The summed E-state index contributed by atoms with van der Waals surface area (Å²) in [6, 6.07) is 24.0. The quantitative estimate of drug-likeness (QED) is 0.312. The van der Waals surface area contributed by atoms with Crippen LogP contribution in [0.1, 0.15) is 64.8 Å². The van der Waals surface area contributed by atoms with Crippen molar-refractivity contribution in [1.29, 1.82) is 0 Å². The average Bonchev–Trinajstić information content (AvgIpc) is 3.66. The molecule has 1 aliphatic carbocycles. The van der Waals surface area contributed by atoms with Crippen LogP contribution in [-0.2, 0) is 11.3 Å². The van der Waals surface area contributed by atoms with Crippen LogP contribution in [-0.4, -0.2) is 53.1 Å². The van der Waals surface area contributed by atoms with E-state index in [1.165, 1.54) is 0 Å². The molecule has 8 nitrogen and oxygen atoms in total. The maximum Gasteiger partial charge on any atom is 0.324 e. The van der Waals surface area contributed by atoms with E-state index in [4.69, 9.17) is 0 Å². The Morgan fingerprint density at radius 3 is 2.26 bits per heavy atom. The van der Waals surface area contributed by atoms with Crippen molar-refractivity contribution in [1.82, 2.24) is 14.8 Å². The molecule has 4 aromatic rings. The van der Waals surface area contributed by atoms with Crippen molar-refractivity contribution >= 4 is 34.4 Å². The molecule has 6 rings (SSSR count). The number of rotatable bonds is 7. The van der Waals surface area contributed by atoms with Gasteiger partial charge in [0, 0.05) is 25.0 Å². The first-order valence-electron chi connectivity index (χ1n) is 14.6. The molecule has 1 fully saturated rings. The number of para-hydroxylation sites is 1. The first-order valence-corrected chi connectivity index (χ1v) is 14.6. The van der Waals surface area contributed by atoms with Crippen LogP contribution in [0.15, 0.2) is 78.9 Å². The summed E-state index contributed by atoms with van der Waals surface area (Å²) < 4.78 is 1.71. The minimum absolute atomic E-state index is 0.106. The van der Waals surface area contributed by atoms with E-state index in [2.05, 4.69) is 5.32 Å². The predicted octanol–water partition coefficient (Wildman–Crippen LogP) is 5.46. The number of nitrogens with one attached hydrogen (secondary N) is 1. The molecule has 2 unspecified atom stereocenters. The second kappa shape index (κ2) is 11.4. The molecule has 1 aliphatic heterocycles. The molecule has 0 bridgehead atoms. The highest BCUT2D eigenvalue weighted by molar-refractivity contribution is 6.11. The maximum absolute atomic E-state index is 14.0. The summed E-state index contributed by atoms with van der Waals surface area (Å²) in [5, 5.41) is 14.0. The lowest BCUT2D eigenvalue weighted by atomic mass is 9.83. The first-order chi connectivity index (χ1) is 20.4. The van der Waals surface area contributed by atoms with Gasteiger partial charge in [-0.15, -0.1) is 0 Å². The van der Waals surface area contributed by atoms with Crippen LogP contribution in [0, 0.1) is 5.92 Å². The van der Waals surface area contributed by atoms with E-state index in [9.17, 15) is 19.5 Å². The largest absolute Gasteiger partial charge is 0.394 e. The van der Waals surface area contributed by atoms with E-state index in [1.807, 2.05) is 66.7 Å². The molecule has 3 aromatic carbocycles. The molecule has 216 valence electrons. The first kappa shape index (κ1) is 27.7. The van der Waals surface area contributed by atoms with Crippen molar-refractivity contribution in [3.05, 3.63) is 101 Å². The van der Waals surface area contributed by atoms with Crippen LogP contribution in [0.25, 0.3) is 10.9 Å². The molecule has 0 radical (unpaired) electrons. The van der Waals surface area contributed by atoms with Gasteiger partial charge in [0.15, 0.2) is 0 Å². The van der Waals surface area contributed by atoms with Gasteiger partial charge in [-0.2, -0.15) is 0 Å². The number of anilines is 1. The molecule has 3 amide bonds. The van der Waals surface area contributed by atoms with E-state index in [-0.39, 0.29) is 36.3 Å². The third kappa shape index (κ3) is 4.86. The second-order valence-electron chi connectivity index (χ2n) is 11.4. The highest BCUT2D eigenvalue weighted by atomic mass is 16.3. The van der Waals surface area contributed by atoms with Gasteiger partial charge in [0.05, 0.1) is 42.0 Å². The van der Waals surface area contributed by atoms with Crippen molar-refractivity contribution in [3.63, 3.8) is 0 Å². The Hall–Kier alpha value is -4.43. The van der Waals surface area contributed by atoms with E-state index in [1.54, 1.807) is 40.6 Å². The maximum atomic E-state index is 14.0. The fraction of sp³-hybridized carbons (Fsp3) is 0.324. The lowest BCUT2D eigenvalue weighted by molar-refractivity contribution is -0.124. The standard InChI is InChI=1S/C34H36N4O4/c1-36-20-29-31(37(2)34(36)42)26-14-8-9-15-28(26)38(29)33(41)25-18-16-24(17-19-25)30(23-12-6-7-13-23)32(40)35-27(21-39)22-10-4-3-5-11-22/h3-5,8-11,14-19,23,27,30,39H,6-7,12-13,20-21H2,1-2H3,(H,35,40). The van der Waals surface area contributed by atoms with E-state index in [0.29, 0.717) is 12.1 Å². The Balaban J connectivity index is 1.32. The number of aliphatic hydroxyl groups is 1. The van der Waals surface area contributed by atoms with Gasteiger partial charge in [0.25, 0.3) is 5.91 Å². The summed E-state index contributed by atoms with van der Waals surface area (Å²) in [5.41, 5.74) is 4.52. The molecule has 8 heteroatoms. The zero-order valence-electron chi connectivity index (χ0n) is 24.0. The van der Waals surface area contributed by atoms with Gasteiger partial charge < -0.3 is 15.3 Å². The highest BCUT2D eigenvalue weighted by Gasteiger charge is 2.35. The van der Waals surface area contributed by atoms with Crippen LogP contribution in [0.2, 0.25) is 0 Å². The van der Waals surface area contributed by atoms with Crippen molar-refractivity contribution in [2.45, 2.75) is 44.2 Å². The monoisotopic (exact) mass is 564 g/mol. The number of aliphatic hydroxyl groups excluding tert-OH is 1. The van der Waals surface area contributed by atoms with Crippen LogP contribution in [0.4, 0.5) is 10.5 Å². The Labute approximate surface area is 245 Å². The summed E-state index contributed by atoms with van der Waals surface area (Å²) in [5.74, 6) is -0.458. The summed E-state index contributed by atoms with van der Waals surface area (Å²) in [7, 11) is 3.47. The summed E-state index contributed by atoms with van der Waals surface area (Å²) >= 11 is 0. The predicted molar refractivity (Wildman–Crippen MR) is 162 cm³/mol. The van der Waals surface area contributed by atoms with Gasteiger partial charge in [0.2, 0.25) is 5.91 Å². The Morgan fingerprint density at radius 1 is 0.905 bits per heavy atom. The molecule has 2 atom stereocenters. The van der Waals surface area contributed by atoms with E-state index >= 15 is 0 Å². The number of urea groups is 1. The average molecular weight is 565 g/mol. The highest BCUT2D eigenvalue weighted by Crippen LogP contribution is 2.40. The third-order valence-electron chi connectivity index (χ3n) is 8.85. The van der Waals surface area contributed by atoms with Gasteiger partial charge in [0.1, 0.15) is 0 Å². The molecule has 42 heavy (non-hydrogen) atoms. The third-order valence-corrected chi connectivity index (χ3v) is 8.85. The van der Waals surface area contributed by atoms with Gasteiger partial charge >= 0.3 is 6.03 Å². The zero-order valence-corrected chi connectivity index (χ0v) is 24.0. The van der Waals surface area contributed by atoms with Gasteiger partial charge in [-0.05, 0) is 48.1 Å². The molecule has 1 aromatic heterocycles. The smallest absolute Gasteiger partial charge is 0.324 e. The van der Waals surface area contributed by atoms with E-state index < -0.39 is 6.04 Å². The normalized spacial score (nSPS) is 16.9. The lowest BCUT2D eigenvalue weighted by Gasteiger charge is -2.31. The number of aromatic nitrogens is 1. The summed E-state index contributed by atoms with van der Waals surface area (Å²) in [4.78, 5) is 43.7. The van der Waals surface area contributed by atoms with Crippen molar-refractivity contribution in [2.24, 2.45) is 5.92 Å². The zero-order chi connectivity index (χ0) is 29.4. The van der Waals surface area contributed by atoms with Gasteiger partial charge in [-0.3, -0.25) is 19.1 Å². The Morgan fingerprint density at radius 2 is 1.57 bits per heavy atom. The molecule has 1 saturated carbocycles. The SMILES string of the molecule is CN1Cc2c(c3ccccc3n2C(=O)c2ccc(C(C(=O)NC(CO)c3ccccc3)C3CCCC3)cc2)N(C)C1=O. The van der Waals surface area contributed by atoms with Crippen molar-refractivity contribution in [3.8, 4) is 0 Å². The fourth-order valence-electron chi connectivity index (χ4n) is 6.74. The number of nitrogens with zero attached hydrogens (tertiary/aromatic N) is 3. The Bertz CT molecular complexity index is 1620. The molecular formula is C34H36N4O4. The molecule has 2 heterocycles. The summed E-state index contributed by atoms with van der Waals surface area (Å²) in [6.45, 7) is 0.139. The molecule has 0 spiro atoms. The number of benzene rings is 3. The fourth-order valence-corrected chi connectivity index (χ4v) is 6.74. The van der Waals surface area contributed by atoms with Crippen LogP contribution in [0.5, 0.6) is 0 Å². The minimum Gasteiger partial charge on any atom is -0.394 e. The molecule has 2 aliphatic rings. The Kier molecular flexibility index (Phi) is 7.56. The molecule has 2 N–H and O–H groups in total. The number of amides is 3. The minimum atomic E-state index is -0.486. The topological polar surface area (TPSA) is 94.9 Å². The van der Waals surface area contributed by atoms with Gasteiger partial charge in [-0.25, -0.2) is 4.79 Å². The van der Waals surface area contributed by atoms with Crippen LogP contribution in [0.3, 0.4) is 0 Å². The van der Waals surface area contributed by atoms with E-state index in [0.717, 1.165) is 59.1 Å². The number of carbonyl (C=O) groups is 3. The molecular weight excluding hydrogens is 528 g/mol. The second-order valence-corrected chi connectivity index (χ2v) is 11.4. The number of fused-ring (bicyclic) bond motifs is 3. The van der Waals surface area contributed by atoms with Crippen molar-refractivity contribution < 1.29 is 19.5 Å². The number of hydrogen-bond acceptors (Lipinski definition) is 4. The van der Waals surface area contributed by atoms with Crippen LogP contribution < -0.4 is 10.2 Å².